The van der Waals surface area contributed by atoms with Gasteiger partial charge < -0.3 is 10.5 Å². The zero-order valence-electron chi connectivity index (χ0n) is 8.53. The maximum Gasteiger partial charge on any atom is 0.282 e. The number of hydrogen-bond donors (Lipinski definition) is 1. The predicted octanol–water partition coefficient (Wildman–Crippen LogP) is 2.29. The molecule has 0 aliphatic carbocycles. The fourth-order valence-corrected chi connectivity index (χ4v) is 1.95. The van der Waals surface area contributed by atoms with Gasteiger partial charge in [0, 0.05) is 5.02 Å². The lowest BCUT2D eigenvalue weighted by atomic mass is 10.00. The number of aryl methyl sites for hydroxylation is 1. The lowest BCUT2D eigenvalue weighted by Crippen LogP contribution is -2.10. The molecule has 1 aromatic rings. The summed E-state index contributed by atoms with van der Waals surface area (Å²) in [6.45, 7) is 2.62. The lowest BCUT2D eigenvalue weighted by Gasteiger charge is -2.11. The molecule has 1 aromatic carbocycles. The summed E-state index contributed by atoms with van der Waals surface area (Å²) in [5.41, 5.74) is 7.84. The summed E-state index contributed by atoms with van der Waals surface area (Å²) in [5.74, 6) is 0. The van der Waals surface area contributed by atoms with Crippen LogP contribution in [0.1, 0.15) is 24.1 Å². The maximum absolute atomic E-state index is 5.94. The van der Waals surface area contributed by atoms with E-state index in [1.54, 1.807) is 0 Å². The molecule has 0 unspecified atom stereocenters. The molecule has 0 saturated heterocycles. The molecular weight excluding hydrogens is 212 g/mol. The number of hydrogen-bond acceptors (Lipinski definition) is 3. The van der Waals surface area contributed by atoms with Crippen molar-refractivity contribution in [3.63, 3.8) is 0 Å². The molecule has 0 amide bonds. The standard InChI is InChI=1S/C11H13ClN2O/c1-2-7-5-8(12)3-4-9(7)10-6-15-11(13)14-10/h3-5,10H,2,6H2,1H3,(H2,13,14)/t10-/m1/s1. The average molecular weight is 225 g/mol. The van der Waals surface area contributed by atoms with Crippen LogP contribution >= 0.6 is 11.6 Å². The Bertz CT molecular complexity index is 404. The third-order valence-electron chi connectivity index (χ3n) is 2.52. The Balaban J connectivity index is 2.35. The SMILES string of the molecule is CCc1cc(Cl)ccc1[C@H]1COC(N)=N1. The Labute approximate surface area is 93.9 Å². The fourth-order valence-electron chi connectivity index (χ4n) is 1.76. The molecule has 1 aliphatic rings. The summed E-state index contributed by atoms with van der Waals surface area (Å²) in [6.07, 6.45) is 0.932. The van der Waals surface area contributed by atoms with Gasteiger partial charge in [0.25, 0.3) is 6.02 Å². The van der Waals surface area contributed by atoms with E-state index in [0.29, 0.717) is 6.61 Å². The van der Waals surface area contributed by atoms with E-state index in [9.17, 15) is 0 Å². The van der Waals surface area contributed by atoms with Gasteiger partial charge in [-0.1, -0.05) is 24.6 Å². The number of aliphatic imine (C=N–C) groups is 1. The second-order valence-corrected chi connectivity index (χ2v) is 3.93. The minimum Gasteiger partial charge on any atom is -0.463 e. The molecule has 4 heteroatoms. The lowest BCUT2D eigenvalue weighted by molar-refractivity contribution is 0.314. The summed E-state index contributed by atoms with van der Waals surface area (Å²) >= 11 is 5.94. The molecule has 2 N–H and O–H groups in total. The van der Waals surface area contributed by atoms with Crippen LogP contribution in [0.2, 0.25) is 5.02 Å². The highest BCUT2D eigenvalue weighted by atomic mass is 35.5. The third kappa shape index (κ3) is 2.07. The number of halogens is 1. The van der Waals surface area contributed by atoms with Gasteiger partial charge in [-0.15, -0.1) is 0 Å². The molecule has 15 heavy (non-hydrogen) atoms. The van der Waals surface area contributed by atoms with Crippen molar-refractivity contribution >= 4 is 17.6 Å². The molecule has 0 spiro atoms. The average Bonchev–Trinajstić information content (AvgIpc) is 2.64. The van der Waals surface area contributed by atoms with Crippen LogP contribution in [0.15, 0.2) is 23.2 Å². The van der Waals surface area contributed by atoms with E-state index >= 15 is 0 Å². The van der Waals surface area contributed by atoms with Crippen molar-refractivity contribution in [2.45, 2.75) is 19.4 Å². The van der Waals surface area contributed by atoms with Gasteiger partial charge in [-0.25, -0.2) is 4.99 Å². The van der Waals surface area contributed by atoms with Crippen LogP contribution in [0.25, 0.3) is 0 Å². The second-order valence-electron chi connectivity index (χ2n) is 3.49. The molecule has 1 atom stereocenters. The highest BCUT2D eigenvalue weighted by Crippen LogP contribution is 2.27. The van der Waals surface area contributed by atoms with Gasteiger partial charge in [0.15, 0.2) is 0 Å². The minimum atomic E-state index is 0.0252. The van der Waals surface area contributed by atoms with Gasteiger partial charge in [0.05, 0.1) is 0 Å². The van der Waals surface area contributed by atoms with Gasteiger partial charge in [-0.3, -0.25) is 0 Å². The first kappa shape index (κ1) is 10.3. The van der Waals surface area contributed by atoms with E-state index in [4.69, 9.17) is 22.1 Å². The molecule has 0 saturated carbocycles. The number of nitrogens with zero attached hydrogens (tertiary/aromatic N) is 1. The summed E-state index contributed by atoms with van der Waals surface area (Å²) in [7, 11) is 0. The molecule has 0 bridgehead atoms. The molecular formula is C11H13ClN2O. The van der Waals surface area contributed by atoms with Crippen LogP contribution < -0.4 is 5.73 Å². The normalized spacial score (nSPS) is 19.9. The van der Waals surface area contributed by atoms with Crippen molar-refractivity contribution in [1.29, 1.82) is 0 Å². The molecule has 3 nitrogen and oxygen atoms in total. The smallest absolute Gasteiger partial charge is 0.282 e. The largest absolute Gasteiger partial charge is 0.463 e. The van der Waals surface area contributed by atoms with Crippen LogP contribution in [-0.4, -0.2) is 12.6 Å². The number of nitrogens with two attached hydrogens (primary N) is 1. The van der Waals surface area contributed by atoms with Crippen LogP contribution in [0.3, 0.4) is 0 Å². The quantitative estimate of drug-likeness (QED) is 0.838. The van der Waals surface area contributed by atoms with E-state index in [-0.39, 0.29) is 12.1 Å². The molecule has 1 heterocycles. The molecule has 0 fully saturated rings. The van der Waals surface area contributed by atoms with Crippen LogP contribution in [0.5, 0.6) is 0 Å². The first-order valence-corrected chi connectivity index (χ1v) is 5.33. The first-order valence-electron chi connectivity index (χ1n) is 4.95. The number of ether oxygens (including phenoxy) is 1. The molecule has 80 valence electrons. The summed E-state index contributed by atoms with van der Waals surface area (Å²) in [5, 5.41) is 0.756. The van der Waals surface area contributed by atoms with Crippen molar-refractivity contribution in [2.24, 2.45) is 10.7 Å². The van der Waals surface area contributed by atoms with E-state index in [1.165, 1.54) is 5.56 Å². The van der Waals surface area contributed by atoms with Gasteiger partial charge in [0.2, 0.25) is 0 Å². The number of benzene rings is 1. The Kier molecular flexibility index (Phi) is 2.82. The molecule has 0 radical (unpaired) electrons. The van der Waals surface area contributed by atoms with Gasteiger partial charge in [0.1, 0.15) is 12.6 Å². The molecule has 0 aromatic heterocycles. The summed E-state index contributed by atoms with van der Waals surface area (Å²) in [6, 6.07) is 6.15. The molecule has 1 aliphatic heterocycles. The Morgan fingerprint density at radius 2 is 2.40 bits per heavy atom. The first-order chi connectivity index (χ1) is 7.20. The predicted molar refractivity (Wildman–Crippen MR) is 61.1 cm³/mol. The van der Waals surface area contributed by atoms with Gasteiger partial charge in [-0.05, 0) is 29.7 Å². The van der Waals surface area contributed by atoms with E-state index < -0.39 is 0 Å². The Hall–Kier alpha value is -1.22. The van der Waals surface area contributed by atoms with E-state index in [0.717, 1.165) is 17.0 Å². The topological polar surface area (TPSA) is 47.6 Å². The third-order valence-corrected chi connectivity index (χ3v) is 2.75. The van der Waals surface area contributed by atoms with Gasteiger partial charge in [-0.2, -0.15) is 0 Å². The van der Waals surface area contributed by atoms with Crippen molar-refractivity contribution in [2.75, 3.05) is 6.61 Å². The van der Waals surface area contributed by atoms with E-state index in [1.807, 2.05) is 18.2 Å². The minimum absolute atomic E-state index is 0.0252. The summed E-state index contributed by atoms with van der Waals surface area (Å²) < 4.78 is 5.14. The van der Waals surface area contributed by atoms with Crippen LogP contribution in [-0.2, 0) is 11.2 Å². The fraction of sp³-hybridized carbons (Fsp3) is 0.364. The van der Waals surface area contributed by atoms with Crippen LogP contribution in [0.4, 0.5) is 0 Å². The van der Waals surface area contributed by atoms with Crippen molar-refractivity contribution in [3.8, 4) is 0 Å². The number of amidine groups is 1. The van der Waals surface area contributed by atoms with Crippen molar-refractivity contribution in [1.82, 2.24) is 0 Å². The molecule has 2 rings (SSSR count). The zero-order chi connectivity index (χ0) is 10.8. The monoisotopic (exact) mass is 224 g/mol. The zero-order valence-corrected chi connectivity index (χ0v) is 9.29. The second kappa shape index (κ2) is 4.11. The van der Waals surface area contributed by atoms with Crippen molar-refractivity contribution in [3.05, 3.63) is 34.3 Å². The van der Waals surface area contributed by atoms with Crippen molar-refractivity contribution < 1.29 is 4.74 Å². The van der Waals surface area contributed by atoms with Gasteiger partial charge >= 0.3 is 0 Å². The number of rotatable bonds is 2. The van der Waals surface area contributed by atoms with E-state index in [2.05, 4.69) is 11.9 Å². The highest BCUT2D eigenvalue weighted by molar-refractivity contribution is 6.30. The maximum atomic E-state index is 5.94. The Morgan fingerprint density at radius 3 is 3.00 bits per heavy atom. The highest BCUT2D eigenvalue weighted by Gasteiger charge is 2.20. The van der Waals surface area contributed by atoms with Crippen LogP contribution in [0, 0.1) is 0 Å². The Morgan fingerprint density at radius 1 is 1.60 bits per heavy atom. The summed E-state index contributed by atoms with van der Waals surface area (Å²) in [4.78, 5) is 4.23.